The van der Waals surface area contributed by atoms with Crippen molar-refractivity contribution < 1.29 is 27.3 Å². The monoisotopic (exact) mass is 559 g/mol. The van der Waals surface area contributed by atoms with E-state index in [1.165, 1.54) is 12.5 Å². The topological polar surface area (TPSA) is 121 Å². The number of nitrogens with one attached hydrogen (secondary N) is 1. The molecule has 3 aromatic rings. The van der Waals surface area contributed by atoms with Crippen molar-refractivity contribution >= 4 is 28.1 Å². The van der Waals surface area contributed by atoms with Gasteiger partial charge in [-0.25, -0.2) is 18.2 Å². The van der Waals surface area contributed by atoms with E-state index >= 15 is 0 Å². The largest absolute Gasteiger partial charge is 0.387 e. The lowest BCUT2D eigenvalue weighted by Gasteiger charge is -2.38. The smallest absolute Gasteiger partial charge is 0.274 e. The zero-order valence-corrected chi connectivity index (χ0v) is 22.2. The molecule has 1 aliphatic carbocycles. The molecule has 8 nitrogen and oxygen atoms in total. The quantitative estimate of drug-likeness (QED) is 0.436. The zero-order chi connectivity index (χ0) is 28.0. The van der Waals surface area contributed by atoms with Gasteiger partial charge in [-0.2, -0.15) is 0 Å². The van der Waals surface area contributed by atoms with Crippen molar-refractivity contribution in [2.24, 2.45) is 11.7 Å². The van der Waals surface area contributed by atoms with Crippen LogP contribution in [0.1, 0.15) is 47.6 Å². The number of aliphatic hydroxyl groups is 1. The number of pyridine rings is 2. The summed E-state index contributed by atoms with van der Waals surface area (Å²) >= 11 is 0. The van der Waals surface area contributed by atoms with Gasteiger partial charge in [0, 0.05) is 46.6 Å². The van der Waals surface area contributed by atoms with Crippen LogP contribution in [0.3, 0.4) is 0 Å². The van der Waals surface area contributed by atoms with E-state index in [9.17, 15) is 27.3 Å². The Kier molecular flexibility index (Phi) is 7.45. The molecule has 0 spiro atoms. The highest BCUT2D eigenvalue weighted by Gasteiger charge is 2.32. The van der Waals surface area contributed by atoms with Crippen LogP contribution in [0, 0.1) is 23.4 Å². The molecule has 2 unspecified atom stereocenters. The summed E-state index contributed by atoms with van der Waals surface area (Å²) in [5, 5.41) is 13.2. The molecule has 39 heavy (non-hydrogen) atoms. The number of hydrogen-bond acceptors (Lipinski definition) is 7. The minimum Gasteiger partial charge on any atom is -0.387 e. The lowest BCUT2D eigenvalue weighted by Crippen LogP contribution is -2.47. The molecule has 4 atom stereocenters. The Balaban J connectivity index is 1.52. The van der Waals surface area contributed by atoms with Crippen LogP contribution in [0.4, 0.5) is 24.5 Å². The molecule has 12 heteroatoms. The molecule has 1 fully saturated rings. The van der Waals surface area contributed by atoms with Crippen molar-refractivity contribution in [1.82, 2.24) is 9.97 Å². The first-order valence-corrected chi connectivity index (χ1v) is 14.1. The van der Waals surface area contributed by atoms with Crippen molar-refractivity contribution in [2.45, 2.75) is 43.2 Å². The van der Waals surface area contributed by atoms with E-state index in [2.05, 4.69) is 27.1 Å². The van der Waals surface area contributed by atoms with Crippen LogP contribution in [0.2, 0.25) is 0 Å². The minimum atomic E-state index is -1.66. The lowest BCUT2D eigenvalue weighted by molar-refractivity contribution is 0.102. The maximum Gasteiger partial charge on any atom is 0.274 e. The summed E-state index contributed by atoms with van der Waals surface area (Å²) in [6.07, 6.45) is 3.95. The van der Waals surface area contributed by atoms with Gasteiger partial charge in [0.1, 0.15) is 28.8 Å². The maximum absolute atomic E-state index is 14.8. The van der Waals surface area contributed by atoms with Crippen LogP contribution in [0.25, 0.3) is 11.3 Å². The summed E-state index contributed by atoms with van der Waals surface area (Å²) in [5.41, 5.74) is 7.03. The van der Waals surface area contributed by atoms with Crippen molar-refractivity contribution in [3.05, 3.63) is 64.9 Å². The number of nitrogens with two attached hydrogens (primary N) is 1. The summed E-state index contributed by atoms with van der Waals surface area (Å²) in [7, 11) is -1.66. The fourth-order valence-electron chi connectivity index (χ4n) is 5.42. The van der Waals surface area contributed by atoms with E-state index in [0.29, 0.717) is 43.2 Å². The third-order valence-corrected chi connectivity index (χ3v) is 7.99. The van der Waals surface area contributed by atoms with Crippen molar-refractivity contribution in [3.8, 4) is 11.3 Å². The van der Waals surface area contributed by atoms with Crippen molar-refractivity contribution in [3.63, 3.8) is 0 Å². The Morgan fingerprint density at radius 3 is 2.56 bits per heavy atom. The molecular weight excluding hydrogens is 531 g/mol. The van der Waals surface area contributed by atoms with Crippen molar-refractivity contribution in [1.29, 1.82) is 0 Å². The van der Waals surface area contributed by atoms with Crippen LogP contribution >= 0.6 is 0 Å². The number of amides is 1. The molecule has 5 rings (SSSR count). The number of halogens is 3. The fourth-order valence-corrected chi connectivity index (χ4v) is 5.95. The first-order valence-electron chi connectivity index (χ1n) is 12.5. The minimum absolute atomic E-state index is 0.0740. The second-order valence-electron chi connectivity index (χ2n) is 10.1. The average molecular weight is 560 g/mol. The van der Waals surface area contributed by atoms with Gasteiger partial charge in [-0.3, -0.25) is 14.0 Å². The SMILES string of the molecule is C[C@@H]1C[C@H](N)CN(c2c(NC(=O)c3ccc(F)c(-c4c(F)cc(S(C)=O)cc4F)n3)cnc3c2CCC3O)C1. The first-order chi connectivity index (χ1) is 18.5. The van der Waals surface area contributed by atoms with Gasteiger partial charge in [0.25, 0.3) is 5.91 Å². The van der Waals surface area contributed by atoms with E-state index in [1.54, 1.807) is 0 Å². The second kappa shape index (κ2) is 10.7. The number of piperidine rings is 1. The van der Waals surface area contributed by atoms with E-state index in [0.717, 1.165) is 41.9 Å². The summed E-state index contributed by atoms with van der Waals surface area (Å²) < 4.78 is 55.9. The highest BCUT2D eigenvalue weighted by atomic mass is 32.2. The fraction of sp³-hybridized carbons (Fsp3) is 0.370. The number of rotatable bonds is 5. The van der Waals surface area contributed by atoms with Crippen molar-refractivity contribution in [2.75, 3.05) is 29.6 Å². The summed E-state index contributed by atoms with van der Waals surface area (Å²) in [6.45, 7) is 3.34. The van der Waals surface area contributed by atoms with Crippen LogP contribution in [0.5, 0.6) is 0 Å². The number of hydrogen-bond donors (Lipinski definition) is 3. The number of aliphatic hydroxyl groups excluding tert-OH is 1. The van der Waals surface area contributed by atoms with Gasteiger partial charge in [-0.15, -0.1) is 0 Å². The predicted octanol–water partition coefficient (Wildman–Crippen LogP) is 3.70. The molecule has 1 amide bonds. The van der Waals surface area contributed by atoms with Gasteiger partial charge in [-0.1, -0.05) is 6.92 Å². The molecule has 1 saturated heterocycles. The van der Waals surface area contributed by atoms with E-state index < -0.39 is 51.5 Å². The Bertz CT molecular complexity index is 1450. The highest BCUT2D eigenvalue weighted by molar-refractivity contribution is 7.84. The summed E-state index contributed by atoms with van der Waals surface area (Å²) in [4.78, 5) is 23.6. The van der Waals surface area contributed by atoms with E-state index in [1.807, 2.05) is 0 Å². The molecular formula is C27H28F3N5O3S. The second-order valence-corrected chi connectivity index (χ2v) is 11.5. The van der Waals surface area contributed by atoms with E-state index in [-0.39, 0.29) is 16.6 Å². The number of aromatic nitrogens is 2. The standard InChI is InChI=1S/C27H28F3N5O3S/c1-13-7-14(31)12-35(11-13)26-16-3-6-22(36)24(16)32-10-21(26)34-27(37)20-5-4-17(28)25(33-20)23-18(29)8-15(39(2)38)9-19(23)30/h4-5,8-10,13-14,22,36H,3,6-7,11-12,31H2,1-2H3,(H,34,37)/t13-,14+,22?,39?/m1/s1. The Morgan fingerprint density at radius 2 is 1.90 bits per heavy atom. The van der Waals surface area contributed by atoms with Crippen LogP contribution < -0.4 is 16.0 Å². The molecule has 4 N–H and O–H groups in total. The first kappa shape index (κ1) is 27.2. The maximum atomic E-state index is 14.8. The molecule has 1 aliphatic heterocycles. The molecule has 0 saturated carbocycles. The predicted molar refractivity (Wildman–Crippen MR) is 141 cm³/mol. The molecule has 0 bridgehead atoms. The number of anilines is 2. The zero-order valence-electron chi connectivity index (χ0n) is 21.4. The molecule has 2 aromatic heterocycles. The number of benzene rings is 1. The van der Waals surface area contributed by atoms with Crippen LogP contribution in [-0.2, 0) is 17.2 Å². The lowest BCUT2D eigenvalue weighted by atomic mass is 9.95. The summed E-state index contributed by atoms with van der Waals surface area (Å²) in [6, 6.07) is 3.65. The van der Waals surface area contributed by atoms with Gasteiger partial charge < -0.3 is 21.1 Å². The summed E-state index contributed by atoms with van der Waals surface area (Å²) in [5.74, 6) is -3.76. The molecule has 206 valence electrons. The van der Waals surface area contributed by atoms with Gasteiger partial charge in [0.15, 0.2) is 0 Å². The normalized spacial score (nSPS) is 21.5. The Hall–Kier alpha value is -3.35. The number of carbonyl (C=O) groups excluding carboxylic acids is 1. The van der Waals surface area contributed by atoms with E-state index in [4.69, 9.17) is 5.73 Å². The number of nitrogens with zero attached hydrogens (tertiary/aromatic N) is 3. The third kappa shape index (κ3) is 5.28. The Labute approximate surface area is 225 Å². The van der Waals surface area contributed by atoms with Crippen LogP contribution in [0.15, 0.2) is 35.4 Å². The number of carbonyl (C=O) groups is 1. The number of fused-ring (bicyclic) bond motifs is 1. The van der Waals surface area contributed by atoms with Crippen LogP contribution in [-0.4, -0.2) is 50.6 Å². The molecule has 0 radical (unpaired) electrons. The highest BCUT2D eigenvalue weighted by Crippen LogP contribution is 2.41. The van der Waals surface area contributed by atoms with Gasteiger partial charge >= 0.3 is 0 Å². The third-order valence-electron chi connectivity index (χ3n) is 7.09. The van der Waals surface area contributed by atoms with Gasteiger partial charge in [0.2, 0.25) is 0 Å². The van der Waals surface area contributed by atoms with Gasteiger partial charge in [0.05, 0.1) is 34.9 Å². The molecule has 2 aliphatic rings. The molecule has 1 aromatic carbocycles. The van der Waals surface area contributed by atoms with Gasteiger partial charge in [-0.05, 0) is 49.4 Å². The average Bonchev–Trinajstić information content (AvgIpc) is 3.24. The molecule has 3 heterocycles. The Morgan fingerprint density at radius 1 is 1.18 bits per heavy atom.